The first kappa shape index (κ1) is 34.3. The highest BCUT2D eigenvalue weighted by Crippen LogP contribution is 2.64. The minimum absolute atomic E-state index is 0.446. The van der Waals surface area contributed by atoms with Crippen LogP contribution < -0.4 is 0 Å². The third kappa shape index (κ3) is 4.33. The largest absolute Gasteiger partial charge is 0.455 e. The maximum Gasteiger partial charge on any atom is 0.143 e. The summed E-state index contributed by atoms with van der Waals surface area (Å²) in [6.07, 6.45) is 0. The minimum Gasteiger partial charge on any atom is -0.455 e. The van der Waals surface area contributed by atoms with Gasteiger partial charge in [0.05, 0.1) is 5.41 Å². The van der Waals surface area contributed by atoms with Gasteiger partial charge in [-0.1, -0.05) is 182 Å². The summed E-state index contributed by atoms with van der Waals surface area (Å²) in [5.74, 6) is 0. The second-order valence-electron chi connectivity index (χ2n) is 17.8. The van der Waals surface area contributed by atoms with Crippen molar-refractivity contribution in [2.24, 2.45) is 0 Å². The molecule has 0 saturated heterocycles. The maximum absolute atomic E-state index is 6.57. The first-order chi connectivity index (χ1) is 31.7. The number of fused-ring (bicyclic) bond motifs is 20. The van der Waals surface area contributed by atoms with Crippen molar-refractivity contribution in [3.8, 4) is 44.5 Å². The Kier molecular flexibility index (Phi) is 6.67. The molecule has 15 rings (SSSR count). The van der Waals surface area contributed by atoms with Crippen molar-refractivity contribution in [1.82, 2.24) is 0 Å². The summed E-state index contributed by atoms with van der Waals surface area (Å²) in [5.41, 5.74) is 17.1. The van der Waals surface area contributed by atoms with Crippen LogP contribution in [0.3, 0.4) is 0 Å². The molecule has 2 aliphatic rings. The standard InChI is InChI=1S/C63H36O/c1-3-15-43-37(13-1)27-30-51-53-34-39-25-26-40(33-42(39)36-57(53)63(61(43)51)55-23-11-9-17-45(55)46-18-10-12-24-56(46)63)59-47-19-5-7-21-49(47)60(50-22-8-6-20-48(50)59)41-29-32-58-54(35-41)52-31-28-38-14-2-4-16-44(38)62(52)64-58/h1-36H. The maximum atomic E-state index is 6.57. The van der Waals surface area contributed by atoms with Crippen molar-refractivity contribution in [3.63, 3.8) is 0 Å². The van der Waals surface area contributed by atoms with Gasteiger partial charge in [0.15, 0.2) is 0 Å². The van der Waals surface area contributed by atoms with Gasteiger partial charge in [-0.05, 0) is 152 Å². The molecule has 2 aliphatic carbocycles. The third-order valence-electron chi connectivity index (χ3n) is 14.8. The van der Waals surface area contributed by atoms with Crippen LogP contribution in [0, 0.1) is 0 Å². The number of hydrogen-bond donors (Lipinski definition) is 0. The van der Waals surface area contributed by atoms with E-state index in [4.69, 9.17) is 4.42 Å². The summed E-state index contributed by atoms with van der Waals surface area (Å²) in [5, 5.41) is 14.7. The van der Waals surface area contributed by atoms with Crippen LogP contribution in [0.5, 0.6) is 0 Å². The van der Waals surface area contributed by atoms with Crippen LogP contribution in [0.15, 0.2) is 223 Å². The van der Waals surface area contributed by atoms with E-state index in [9.17, 15) is 0 Å². The zero-order valence-corrected chi connectivity index (χ0v) is 34.7. The van der Waals surface area contributed by atoms with E-state index in [1.807, 2.05) is 0 Å². The van der Waals surface area contributed by atoms with Crippen molar-refractivity contribution in [2.75, 3.05) is 0 Å². The molecule has 0 unspecified atom stereocenters. The van der Waals surface area contributed by atoms with Crippen molar-refractivity contribution < 1.29 is 4.42 Å². The molecule has 0 atom stereocenters. The summed E-state index contributed by atoms with van der Waals surface area (Å²) in [7, 11) is 0. The summed E-state index contributed by atoms with van der Waals surface area (Å²) in [4.78, 5) is 0. The van der Waals surface area contributed by atoms with Crippen LogP contribution in [0.25, 0.3) is 120 Å². The van der Waals surface area contributed by atoms with E-state index < -0.39 is 5.41 Å². The van der Waals surface area contributed by atoms with Gasteiger partial charge in [-0.15, -0.1) is 0 Å². The molecule has 64 heavy (non-hydrogen) atoms. The topological polar surface area (TPSA) is 13.1 Å². The van der Waals surface area contributed by atoms with Gasteiger partial charge in [0, 0.05) is 16.2 Å². The highest BCUT2D eigenvalue weighted by atomic mass is 16.3. The fourth-order valence-corrected chi connectivity index (χ4v) is 12.2. The summed E-state index contributed by atoms with van der Waals surface area (Å²) in [6.45, 7) is 0. The zero-order chi connectivity index (χ0) is 41.7. The first-order valence-electron chi connectivity index (χ1n) is 22.3. The van der Waals surface area contributed by atoms with Gasteiger partial charge < -0.3 is 4.42 Å². The molecule has 0 bridgehead atoms. The minimum atomic E-state index is -0.446. The monoisotopic (exact) mass is 808 g/mol. The van der Waals surface area contributed by atoms with Gasteiger partial charge in [0.1, 0.15) is 11.2 Å². The number of furan rings is 1. The van der Waals surface area contributed by atoms with Crippen LogP contribution in [-0.2, 0) is 5.41 Å². The predicted molar refractivity (Wildman–Crippen MR) is 268 cm³/mol. The van der Waals surface area contributed by atoms with Crippen molar-refractivity contribution in [1.29, 1.82) is 0 Å². The quantitative estimate of drug-likeness (QED) is 0.159. The van der Waals surface area contributed by atoms with E-state index in [2.05, 4.69) is 218 Å². The van der Waals surface area contributed by atoms with Gasteiger partial charge in [-0.3, -0.25) is 0 Å². The first-order valence-corrected chi connectivity index (χ1v) is 22.3. The molecule has 294 valence electrons. The average molecular weight is 809 g/mol. The lowest BCUT2D eigenvalue weighted by atomic mass is 9.69. The van der Waals surface area contributed by atoms with Crippen molar-refractivity contribution >= 4 is 75.8 Å². The predicted octanol–water partition coefficient (Wildman–Crippen LogP) is 17.0. The lowest BCUT2D eigenvalue weighted by molar-refractivity contribution is 0.672. The molecular weight excluding hydrogens is 773 g/mol. The molecule has 1 heteroatoms. The molecule has 1 nitrogen and oxygen atoms in total. The van der Waals surface area contributed by atoms with Gasteiger partial charge in [-0.2, -0.15) is 0 Å². The summed E-state index contributed by atoms with van der Waals surface area (Å²) in [6, 6.07) is 81.7. The van der Waals surface area contributed by atoms with Gasteiger partial charge in [0.25, 0.3) is 0 Å². The number of benzene rings is 12. The van der Waals surface area contributed by atoms with E-state index in [1.54, 1.807) is 0 Å². The second kappa shape index (κ2) is 12.4. The SMILES string of the molecule is c1ccc2c(c1)-c1ccccc1C21c2cc3cc(-c4c5ccccc5c(-c5ccc6oc7c8ccccc8ccc7c6c5)c5ccccc45)ccc3cc2-c2ccc3ccccc3c21. The normalized spacial score (nSPS) is 13.4. The lowest BCUT2D eigenvalue weighted by Crippen LogP contribution is -2.26. The lowest BCUT2D eigenvalue weighted by Gasteiger charge is -2.31. The van der Waals surface area contributed by atoms with Gasteiger partial charge >= 0.3 is 0 Å². The molecule has 0 N–H and O–H groups in total. The molecule has 0 radical (unpaired) electrons. The Morgan fingerprint density at radius 1 is 0.281 bits per heavy atom. The Morgan fingerprint density at radius 3 is 1.50 bits per heavy atom. The Hall–Kier alpha value is -8.26. The number of hydrogen-bond acceptors (Lipinski definition) is 1. The van der Waals surface area contributed by atoms with E-state index in [0.29, 0.717) is 0 Å². The molecular formula is C63H36O. The molecule has 12 aromatic carbocycles. The highest BCUT2D eigenvalue weighted by Gasteiger charge is 2.52. The molecule has 0 amide bonds. The van der Waals surface area contributed by atoms with E-state index in [-0.39, 0.29) is 0 Å². The Balaban J connectivity index is 0.978. The van der Waals surface area contributed by atoms with Gasteiger partial charge in [-0.25, -0.2) is 0 Å². The Bertz CT molecular complexity index is 4100. The zero-order valence-electron chi connectivity index (χ0n) is 34.7. The summed E-state index contributed by atoms with van der Waals surface area (Å²) < 4.78 is 6.57. The van der Waals surface area contributed by atoms with Crippen LogP contribution in [0.1, 0.15) is 22.3 Å². The van der Waals surface area contributed by atoms with Gasteiger partial charge in [0.2, 0.25) is 0 Å². The average Bonchev–Trinajstić information content (AvgIpc) is 3.98. The second-order valence-corrected chi connectivity index (χ2v) is 17.8. The molecule has 1 aromatic heterocycles. The van der Waals surface area contributed by atoms with Crippen LogP contribution in [0.2, 0.25) is 0 Å². The van der Waals surface area contributed by atoms with Crippen LogP contribution >= 0.6 is 0 Å². The Labute approximate surface area is 369 Å². The molecule has 0 saturated carbocycles. The molecule has 1 heterocycles. The van der Waals surface area contributed by atoms with Crippen LogP contribution in [-0.4, -0.2) is 0 Å². The van der Waals surface area contributed by atoms with E-state index in [0.717, 1.165) is 27.3 Å². The Morgan fingerprint density at radius 2 is 0.812 bits per heavy atom. The smallest absolute Gasteiger partial charge is 0.143 e. The van der Waals surface area contributed by atoms with Crippen LogP contribution in [0.4, 0.5) is 0 Å². The summed E-state index contributed by atoms with van der Waals surface area (Å²) >= 11 is 0. The fraction of sp³-hybridized carbons (Fsp3) is 0.0159. The molecule has 13 aromatic rings. The molecule has 0 aliphatic heterocycles. The van der Waals surface area contributed by atoms with Crippen molar-refractivity contribution in [2.45, 2.75) is 5.41 Å². The van der Waals surface area contributed by atoms with E-state index in [1.165, 1.54) is 115 Å². The number of rotatable bonds is 2. The van der Waals surface area contributed by atoms with E-state index >= 15 is 0 Å². The fourth-order valence-electron chi connectivity index (χ4n) is 12.2. The molecule has 0 fully saturated rings. The highest BCUT2D eigenvalue weighted by molar-refractivity contribution is 6.23. The molecule has 1 spiro atoms. The third-order valence-corrected chi connectivity index (χ3v) is 14.8. The van der Waals surface area contributed by atoms with Crippen molar-refractivity contribution in [3.05, 3.63) is 241 Å².